The Morgan fingerprint density at radius 1 is 1.26 bits per heavy atom. The number of rotatable bonds is 6. The summed E-state index contributed by atoms with van der Waals surface area (Å²) in [6.07, 6.45) is 4.27. The molecule has 6 nitrogen and oxygen atoms in total. The van der Waals surface area contributed by atoms with E-state index < -0.39 is 12.5 Å². The van der Waals surface area contributed by atoms with Crippen LogP contribution in [0.3, 0.4) is 0 Å². The largest absolute Gasteiger partial charge is 0.493 e. The molecule has 0 radical (unpaired) electrons. The normalized spacial score (nSPS) is 10.8. The monoisotopic (exact) mass is 321 g/mol. The highest BCUT2D eigenvalue weighted by Gasteiger charge is 2.10. The average Bonchev–Trinajstić information content (AvgIpc) is 2.55. The molecule has 0 aliphatic heterocycles. The first-order valence-corrected chi connectivity index (χ1v) is 6.46. The van der Waals surface area contributed by atoms with E-state index in [0.717, 1.165) is 0 Å². The van der Waals surface area contributed by atoms with E-state index in [9.17, 15) is 13.6 Å². The van der Waals surface area contributed by atoms with Crippen LogP contribution in [0.2, 0.25) is 0 Å². The van der Waals surface area contributed by atoms with Crippen molar-refractivity contribution in [2.45, 2.75) is 6.61 Å². The molecule has 0 aliphatic carbocycles. The number of nitrogens with one attached hydrogen (secondary N) is 1. The summed E-state index contributed by atoms with van der Waals surface area (Å²) in [5.74, 6) is -0.364. The summed E-state index contributed by atoms with van der Waals surface area (Å²) < 4.78 is 34.0. The third kappa shape index (κ3) is 4.73. The SMILES string of the molecule is COc1ccc(/C=N\NC(=O)c2ccncc2)cc1OC(F)F. The van der Waals surface area contributed by atoms with Gasteiger partial charge in [-0.2, -0.15) is 13.9 Å². The van der Waals surface area contributed by atoms with Crippen LogP contribution in [0.15, 0.2) is 47.8 Å². The van der Waals surface area contributed by atoms with E-state index in [2.05, 4.69) is 20.2 Å². The first-order chi connectivity index (χ1) is 11.1. The van der Waals surface area contributed by atoms with E-state index in [-0.39, 0.29) is 11.5 Å². The number of aromatic nitrogens is 1. The predicted molar refractivity (Wildman–Crippen MR) is 78.9 cm³/mol. The van der Waals surface area contributed by atoms with Crippen molar-refractivity contribution in [3.05, 3.63) is 53.9 Å². The highest BCUT2D eigenvalue weighted by atomic mass is 19.3. The Kier molecular flexibility index (Phi) is 5.56. The Balaban J connectivity index is 2.06. The summed E-state index contributed by atoms with van der Waals surface area (Å²) in [6, 6.07) is 7.44. The molecule has 120 valence electrons. The minimum absolute atomic E-state index is 0.119. The number of carbonyl (C=O) groups excluding carboxylic acids is 1. The van der Waals surface area contributed by atoms with Gasteiger partial charge in [0.25, 0.3) is 5.91 Å². The Bertz CT molecular complexity index is 694. The fourth-order valence-corrected chi connectivity index (χ4v) is 1.69. The fraction of sp³-hybridized carbons (Fsp3) is 0.133. The molecular formula is C15H13F2N3O3. The summed E-state index contributed by atoms with van der Waals surface area (Å²) in [7, 11) is 1.34. The van der Waals surface area contributed by atoms with E-state index in [1.807, 2.05) is 0 Å². The summed E-state index contributed by atoms with van der Waals surface area (Å²) in [6.45, 7) is -2.97. The van der Waals surface area contributed by atoms with Crippen LogP contribution in [-0.4, -0.2) is 30.8 Å². The van der Waals surface area contributed by atoms with E-state index in [1.165, 1.54) is 50.0 Å². The number of halogens is 2. The lowest BCUT2D eigenvalue weighted by Crippen LogP contribution is -2.17. The van der Waals surface area contributed by atoms with Crippen LogP contribution in [0.1, 0.15) is 15.9 Å². The maximum Gasteiger partial charge on any atom is 0.387 e. The number of hydrogen-bond acceptors (Lipinski definition) is 5. The number of nitrogens with zero attached hydrogens (tertiary/aromatic N) is 2. The number of amides is 1. The van der Waals surface area contributed by atoms with Crippen molar-refractivity contribution in [2.24, 2.45) is 5.10 Å². The average molecular weight is 321 g/mol. The van der Waals surface area contributed by atoms with Gasteiger partial charge < -0.3 is 9.47 Å². The van der Waals surface area contributed by atoms with Crippen molar-refractivity contribution in [3.8, 4) is 11.5 Å². The number of methoxy groups -OCH3 is 1. The van der Waals surface area contributed by atoms with E-state index >= 15 is 0 Å². The van der Waals surface area contributed by atoms with Crippen molar-refractivity contribution < 1.29 is 23.0 Å². The van der Waals surface area contributed by atoms with Crippen molar-refractivity contribution in [1.82, 2.24) is 10.4 Å². The Hall–Kier alpha value is -3.03. The number of carbonyl (C=O) groups is 1. The Morgan fingerprint density at radius 3 is 2.65 bits per heavy atom. The fourth-order valence-electron chi connectivity index (χ4n) is 1.69. The van der Waals surface area contributed by atoms with Gasteiger partial charge in [0.15, 0.2) is 11.5 Å². The van der Waals surface area contributed by atoms with Crippen LogP contribution in [0.25, 0.3) is 0 Å². The van der Waals surface area contributed by atoms with Crippen LogP contribution >= 0.6 is 0 Å². The number of alkyl halides is 2. The molecule has 0 spiro atoms. The molecule has 0 unspecified atom stereocenters. The lowest BCUT2D eigenvalue weighted by molar-refractivity contribution is -0.0512. The van der Waals surface area contributed by atoms with Gasteiger partial charge in [0.2, 0.25) is 0 Å². The third-order valence-corrected chi connectivity index (χ3v) is 2.73. The van der Waals surface area contributed by atoms with Crippen LogP contribution in [0.4, 0.5) is 8.78 Å². The lowest BCUT2D eigenvalue weighted by Gasteiger charge is -2.10. The Labute approximate surface area is 130 Å². The smallest absolute Gasteiger partial charge is 0.387 e. The number of benzene rings is 1. The molecule has 1 aromatic heterocycles. The first kappa shape index (κ1) is 16.3. The molecule has 1 aromatic carbocycles. The van der Waals surface area contributed by atoms with Gasteiger partial charge in [0, 0.05) is 18.0 Å². The molecule has 0 saturated heterocycles. The quantitative estimate of drug-likeness (QED) is 0.655. The molecule has 1 heterocycles. The first-order valence-electron chi connectivity index (χ1n) is 6.46. The van der Waals surface area contributed by atoms with Gasteiger partial charge >= 0.3 is 6.61 Å². The van der Waals surface area contributed by atoms with Gasteiger partial charge in [-0.3, -0.25) is 9.78 Å². The maximum absolute atomic E-state index is 12.3. The van der Waals surface area contributed by atoms with Crippen molar-refractivity contribution in [3.63, 3.8) is 0 Å². The molecule has 0 fully saturated rings. The number of pyridine rings is 1. The van der Waals surface area contributed by atoms with Gasteiger partial charge in [0.1, 0.15) is 0 Å². The zero-order chi connectivity index (χ0) is 16.7. The van der Waals surface area contributed by atoms with Crippen molar-refractivity contribution in [2.75, 3.05) is 7.11 Å². The lowest BCUT2D eigenvalue weighted by atomic mass is 10.2. The van der Waals surface area contributed by atoms with E-state index in [0.29, 0.717) is 11.1 Å². The van der Waals surface area contributed by atoms with E-state index in [4.69, 9.17) is 4.74 Å². The molecule has 0 aliphatic rings. The minimum atomic E-state index is -2.97. The number of hydrogen-bond donors (Lipinski definition) is 1. The molecule has 1 N–H and O–H groups in total. The molecule has 0 bridgehead atoms. The highest BCUT2D eigenvalue weighted by Crippen LogP contribution is 2.28. The second kappa shape index (κ2) is 7.83. The number of ether oxygens (including phenoxy) is 2. The second-order valence-corrected chi connectivity index (χ2v) is 4.22. The molecule has 0 atom stereocenters. The van der Waals surface area contributed by atoms with Crippen molar-refractivity contribution in [1.29, 1.82) is 0 Å². The van der Waals surface area contributed by atoms with Crippen LogP contribution in [0, 0.1) is 0 Å². The summed E-state index contributed by atoms with van der Waals surface area (Å²) in [5, 5.41) is 3.76. The molecule has 23 heavy (non-hydrogen) atoms. The minimum Gasteiger partial charge on any atom is -0.493 e. The highest BCUT2D eigenvalue weighted by molar-refractivity contribution is 5.94. The molecule has 2 rings (SSSR count). The van der Waals surface area contributed by atoms with Crippen LogP contribution in [-0.2, 0) is 0 Å². The van der Waals surface area contributed by atoms with Gasteiger partial charge in [0.05, 0.1) is 13.3 Å². The topological polar surface area (TPSA) is 72.8 Å². The van der Waals surface area contributed by atoms with Crippen LogP contribution < -0.4 is 14.9 Å². The van der Waals surface area contributed by atoms with E-state index in [1.54, 1.807) is 6.07 Å². The third-order valence-electron chi connectivity index (χ3n) is 2.73. The van der Waals surface area contributed by atoms with Crippen molar-refractivity contribution >= 4 is 12.1 Å². The van der Waals surface area contributed by atoms with Crippen LogP contribution in [0.5, 0.6) is 11.5 Å². The molecule has 2 aromatic rings. The predicted octanol–water partition coefficient (Wildman–Crippen LogP) is 2.46. The molecule has 1 amide bonds. The maximum atomic E-state index is 12.3. The Morgan fingerprint density at radius 2 is 2.00 bits per heavy atom. The second-order valence-electron chi connectivity index (χ2n) is 4.22. The summed E-state index contributed by atoms with van der Waals surface area (Å²) >= 11 is 0. The van der Waals surface area contributed by atoms with Gasteiger partial charge in [-0.25, -0.2) is 5.43 Å². The van der Waals surface area contributed by atoms with Gasteiger partial charge in [-0.1, -0.05) is 0 Å². The zero-order valence-electron chi connectivity index (χ0n) is 12.1. The molecule has 0 saturated carbocycles. The summed E-state index contributed by atoms with van der Waals surface area (Å²) in [4.78, 5) is 15.6. The van der Waals surface area contributed by atoms with Gasteiger partial charge in [-0.05, 0) is 35.9 Å². The molecule has 8 heteroatoms. The standard InChI is InChI=1S/C15H13F2N3O3/c1-22-12-3-2-10(8-13(12)23-15(16)17)9-19-20-14(21)11-4-6-18-7-5-11/h2-9,15H,1H3,(H,20,21)/b19-9-. The molecular weight excluding hydrogens is 308 g/mol. The van der Waals surface area contributed by atoms with Gasteiger partial charge in [-0.15, -0.1) is 0 Å². The number of hydrazone groups is 1. The summed E-state index contributed by atoms with van der Waals surface area (Å²) in [5.41, 5.74) is 3.17. The zero-order valence-corrected chi connectivity index (χ0v) is 12.1.